The molecule has 0 spiro atoms. The third kappa shape index (κ3) is 3.90. The third-order valence-electron chi connectivity index (χ3n) is 1.15. The Morgan fingerprint density at radius 2 is 1.93 bits per heavy atom. The van der Waals surface area contributed by atoms with Crippen LogP contribution in [0.25, 0.3) is 0 Å². The van der Waals surface area contributed by atoms with Crippen molar-refractivity contribution in [3.8, 4) is 6.07 Å². The summed E-state index contributed by atoms with van der Waals surface area (Å²) in [5, 5.41) is 3.79. The highest BCUT2D eigenvalue weighted by molar-refractivity contribution is 7.93. The van der Waals surface area contributed by atoms with E-state index in [0.717, 1.165) is 6.07 Å². The van der Waals surface area contributed by atoms with E-state index in [1.165, 1.54) is 0 Å². The first kappa shape index (κ1) is 13.8. The van der Waals surface area contributed by atoms with Crippen LogP contribution in [0.4, 0.5) is 13.2 Å². The fourth-order valence-corrected chi connectivity index (χ4v) is 1.80. The first-order chi connectivity index (χ1) is 6.11. The van der Waals surface area contributed by atoms with Crippen LogP contribution < -0.4 is 0 Å². The molecule has 0 saturated carbocycles. The third-order valence-corrected chi connectivity index (χ3v) is 3.79. The van der Waals surface area contributed by atoms with Gasteiger partial charge in [-0.3, -0.25) is 0 Å². The molecule has 2 unspecified atom stereocenters. The second-order valence-corrected chi connectivity index (χ2v) is 5.61. The number of halogens is 5. The average molecular weight is 270 g/mol. The van der Waals surface area contributed by atoms with E-state index in [9.17, 15) is 21.6 Å². The number of hydrogen-bond acceptors (Lipinski definition) is 3. The molecule has 0 aliphatic heterocycles. The highest BCUT2D eigenvalue weighted by Gasteiger charge is 2.42. The monoisotopic (exact) mass is 269 g/mol. The molecule has 0 aromatic heterocycles. The lowest BCUT2D eigenvalue weighted by atomic mass is 10.5. The van der Waals surface area contributed by atoms with Crippen molar-refractivity contribution in [3.63, 3.8) is 0 Å². The summed E-state index contributed by atoms with van der Waals surface area (Å²) in [6, 6.07) is 1.08. The Kier molecular flexibility index (Phi) is 4.49. The van der Waals surface area contributed by atoms with Crippen LogP contribution in [0.3, 0.4) is 0 Å². The molecule has 82 valence electrons. The van der Waals surface area contributed by atoms with E-state index in [1.54, 1.807) is 0 Å². The fraction of sp³-hybridized carbons (Fsp3) is 0.800. The van der Waals surface area contributed by atoms with Crippen LogP contribution in [-0.4, -0.2) is 30.4 Å². The molecule has 0 rings (SSSR count). The number of nitrogens with zero attached hydrogens (tertiary/aromatic N) is 1. The van der Waals surface area contributed by atoms with Crippen molar-refractivity contribution in [1.82, 2.24) is 0 Å². The molecule has 0 aromatic rings. The summed E-state index contributed by atoms with van der Waals surface area (Å²) >= 11 is 9.19. The minimum atomic E-state index is -4.43. The number of hydrogen-bond donors (Lipinski definition) is 0. The van der Waals surface area contributed by atoms with Gasteiger partial charge in [0.15, 0.2) is 16.0 Å². The SMILES string of the molecule is N#CC(Cl)S(=O)(=O)CC(F)C(F)(F)Cl. The maximum absolute atomic E-state index is 12.5. The van der Waals surface area contributed by atoms with Gasteiger partial charge in [0.25, 0.3) is 0 Å². The molecule has 0 N–H and O–H groups in total. The summed E-state index contributed by atoms with van der Waals surface area (Å²) in [5.74, 6) is -1.59. The highest BCUT2D eigenvalue weighted by atomic mass is 35.5. The van der Waals surface area contributed by atoms with Gasteiger partial charge in [-0.05, 0) is 11.6 Å². The van der Waals surface area contributed by atoms with E-state index in [0.29, 0.717) is 0 Å². The van der Waals surface area contributed by atoms with Gasteiger partial charge in [0.2, 0.25) is 4.71 Å². The van der Waals surface area contributed by atoms with Crippen LogP contribution >= 0.6 is 23.2 Å². The topological polar surface area (TPSA) is 57.9 Å². The predicted molar refractivity (Wildman–Crippen MR) is 44.7 cm³/mol. The lowest BCUT2D eigenvalue weighted by Gasteiger charge is -2.13. The molecule has 0 saturated heterocycles. The van der Waals surface area contributed by atoms with E-state index in [4.69, 9.17) is 16.9 Å². The van der Waals surface area contributed by atoms with Gasteiger partial charge in [0.05, 0.1) is 11.8 Å². The number of sulfone groups is 1. The van der Waals surface area contributed by atoms with Gasteiger partial charge >= 0.3 is 5.38 Å². The Balaban J connectivity index is 4.64. The first-order valence-electron chi connectivity index (χ1n) is 3.07. The molecular weight excluding hydrogens is 266 g/mol. The molecule has 9 heteroatoms. The summed E-state index contributed by atoms with van der Waals surface area (Å²) in [7, 11) is -4.43. The minimum absolute atomic E-state index is 1.08. The molecule has 0 amide bonds. The van der Waals surface area contributed by atoms with Crippen molar-refractivity contribution in [1.29, 1.82) is 5.26 Å². The van der Waals surface area contributed by atoms with Crippen LogP contribution in [0.1, 0.15) is 0 Å². The average Bonchev–Trinajstić information content (AvgIpc) is 2.00. The number of alkyl halides is 5. The molecule has 0 aliphatic carbocycles. The van der Waals surface area contributed by atoms with Gasteiger partial charge < -0.3 is 0 Å². The Hall–Kier alpha value is -0.190. The molecule has 14 heavy (non-hydrogen) atoms. The maximum Gasteiger partial charge on any atom is 0.353 e. The lowest BCUT2D eigenvalue weighted by molar-refractivity contribution is 0.0175. The van der Waals surface area contributed by atoms with Crippen molar-refractivity contribution in [2.45, 2.75) is 16.3 Å². The summed E-state index contributed by atoms with van der Waals surface area (Å²) in [4.78, 5) is 0. The maximum atomic E-state index is 12.5. The van der Waals surface area contributed by atoms with Crippen molar-refractivity contribution in [2.24, 2.45) is 0 Å². The van der Waals surface area contributed by atoms with E-state index in [2.05, 4.69) is 11.6 Å². The van der Waals surface area contributed by atoms with Crippen LogP contribution in [0.5, 0.6) is 0 Å². The molecule has 0 bridgehead atoms. The van der Waals surface area contributed by atoms with Gasteiger partial charge in [-0.1, -0.05) is 11.6 Å². The Morgan fingerprint density at radius 3 is 2.21 bits per heavy atom. The molecule has 0 aliphatic rings. The second kappa shape index (κ2) is 4.55. The fourth-order valence-electron chi connectivity index (χ4n) is 0.463. The summed E-state index contributed by atoms with van der Waals surface area (Å²) in [6.07, 6.45) is -3.09. The lowest BCUT2D eigenvalue weighted by Crippen LogP contribution is -2.33. The molecule has 3 nitrogen and oxygen atoms in total. The van der Waals surface area contributed by atoms with Gasteiger partial charge in [-0.2, -0.15) is 14.0 Å². The van der Waals surface area contributed by atoms with Crippen molar-refractivity contribution in [2.75, 3.05) is 5.75 Å². The Bertz CT molecular complexity index is 334. The van der Waals surface area contributed by atoms with Crippen molar-refractivity contribution in [3.05, 3.63) is 0 Å². The standard InChI is InChI=1S/C5H4Cl2F3NO2S/c6-4(1-11)14(12,13)2-3(8)5(7,9)10/h3-4H,2H2. The van der Waals surface area contributed by atoms with Crippen molar-refractivity contribution < 1.29 is 21.6 Å². The molecule has 0 radical (unpaired) electrons. The van der Waals surface area contributed by atoms with E-state index in [1.807, 2.05) is 0 Å². The molecule has 2 atom stereocenters. The highest BCUT2D eigenvalue weighted by Crippen LogP contribution is 2.28. The minimum Gasteiger partial charge on any atom is -0.238 e. The largest absolute Gasteiger partial charge is 0.353 e. The summed E-state index contributed by atoms with van der Waals surface area (Å²) in [6.45, 7) is 0. The van der Waals surface area contributed by atoms with Gasteiger partial charge in [-0.25, -0.2) is 12.8 Å². The van der Waals surface area contributed by atoms with E-state index in [-0.39, 0.29) is 0 Å². The molecule has 0 aromatic carbocycles. The predicted octanol–water partition coefficient (Wildman–Crippen LogP) is 1.66. The zero-order chi connectivity index (χ0) is 11.6. The number of nitriles is 1. The van der Waals surface area contributed by atoms with E-state index >= 15 is 0 Å². The van der Waals surface area contributed by atoms with Gasteiger partial charge in [0, 0.05) is 0 Å². The Morgan fingerprint density at radius 1 is 1.50 bits per heavy atom. The first-order valence-corrected chi connectivity index (χ1v) is 5.60. The number of rotatable bonds is 4. The summed E-state index contributed by atoms with van der Waals surface area (Å²) < 4.78 is 56.1. The zero-order valence-electron chi connectivity index (χ0n) is 6.42. The van der Waals surface area contributed by atoms with Crippen LogP contribution in [0.2, 0.25) is 0 Å². The zero-order valence-corrected chi connectivity index (χ0v) is 8.75. The van der Waals surface area contributed by atoms with Gasteiger partial charge in [-0.15, -0.1) is 0 Å². The van der Waals surface area contributed by atoms with E-state index < -0.39 is 31.9 Å². The van der Waals surface area contributed by atoms with Crippen LogP contribution in [-0.2, 0) is 9.84 Å². The molecule has 0 heterocycles. The van der Waals surface area contributed by atoms with Crippen LogP contribution in [0.15, 0.2) is 0 Å². The second-order valence-electron chi connectivity index (χ2n) is 2.28. The quantitative estimate of drug-likeness (QED) is 0.730. The Labute approximate surface area is 88.3 Å². The van der Waals surface area contributed by atoms with Crippen LogP contribution in [0, 0.1) is 11.3 Å². The smallest absolute Gasteiger partial charge is 0.238 e. The van der Waals surface area contributed by atoms with Gasteiger partial charge in [0.1, 0.15) is 0 Å². The van der Waals surface area contributed by atoms with Crippen molar-refractivity contribution >= 4 is 33.0 Å². The molecular formula is C5H4Cl2F3NO2S. The summed E-state index contributed by atoms with van der Waals surface area (Å²) in [5.41, 5.74) is 0. The molecule has 0 fully saturated rings. The normalized spacial score (nSPS) is 17.1.